The van der Waals surface area contributed by atoms with Crippen LogP contribution < -0.4 is 9.47 Å². The van der Waals surface area contributed by atoms with Crippen LogP contribution in [0.1, 0.15) is 80.4 Å². The Kier molecular flexibility index (Phi) is 11.6. The smallest absolute Gasteiger partial charge is 0.336 e. The summed E-state index contributed by atoms with van der Waals surface area (Å²) in [4.78, 5) is 25.6. The summed E-state index contributed by atoms with van der Waals surface area (Å²) in [5.41, 5.74) is 2.74. The number of carbonyl (C=O) groups excluding carboxylic acids is 2. The van der Waals surface area contributed by atoms with Gasteiger partial charge in [0.25, 0.3) is 0 Å². The van der Waals surface area contributed by atoms with E-state index in [1.807, 2.05) is 74.1 Å². The maximum Gasteiger partial charge on any atom is 0.336 e. The summed E-state index contributed by atoms with van der Waals surface area (Å²) in [6.07, 6.45) is 3.11. The molecule has 0 unspecified atom stereocenters. The molecule has 39 heavy (non-hydrogen) atoms. The Morgan fingerprint density at radius 2 is 1.13 bits per heavy atom. The lowest BCUT2D eigenvalue weighted by atomic mass is 9.78. The zero-order valence-corrected chi connectivity index (χ0v) is 26.8. The van der Waals surface area contributed by atoms with Crippen molar-refractivity contribution in [2.45, 2.75) is 79.4 Å². The lowest BCUT2D eigenvalue weighted by Crippen LogP contribution is -2.19. The number of carbonyl (C=O) groups is 2. The Bertz CT molecular complexity index is 1180. The molecule has 0 aliphatic heterocycles. The molecule has 2 aromatic rings. The van der Waals surface area contributed by atoms with Crippen LogP contribution in [0.15, 0.2) is 71.2 Å². The Hall–Kier alpha value is -2.44. The fourth-order valence-electron chi connectivity index (χ4n) is 3.49. The second-order valence-corrected chi connectivity index (χ2v) is 15.4. The second kappa shape index (κ2) is 13.8. The van der Waals surface area contributed by atoms with Gasteiger partial charge in [-0.25, -0.2) is 9.59 Å². The predicted molar refractivity (Wildman–Crippen MR) is 168 cm³/mol. The van der Waals surface area contributed by atoms with E-state index in [2.05, 4.69) is 55.4 Å². The minimum absolute atomic E-state index is 0.0828. The second-order valence-electron chi connectivity index (χ2n) is 12.2. The van der Waals surface area contributed by atoms with E-state index in [1.165, 1.54) is 0 Å². The third kappa shape index (κ3) is 11.3. The summed E-state index contributed by atoms with van der Waals surface area (Å²) in [7, 11) is 0. The summed E-state index contributed by atoms with van der Waals surface area (Å²) < 4.78 is 11.3. The molecule has 0 aromatic heterocycles. The van der Waals surface area contributed by atoms with E-state index in [0.29, 0.717) is 11.5 Å². The molecule has 0 atom stereocenters. The fourth-order valence-corrected chi connectivity index (χ4v) is 5.27. The first-order valence-electron chi connectivity index (χ1n) is 13.3. The van der Waals surface area contributed by atoms with Gasteiger partial charge in [-0.2, -0.15) is 11.8 Å². The molecule has 4 nitrogen and oxygen atoms in total. The van der Waals surface area contributed by atoms with Crippen molar-refractivity contribution in [3.8, 4) is 11.5 Å². The molecule has 0 fully saturated rings. The Labute approximate surface area is 244 Å². The van der Waals surface area contributed by atoms with Gasteiger partial charge >= 0.3 is 11.9 Å². The van der Waals surface area contributed by atoms with Gasteiger partial charge in [0.2, 0.25) is 0 Å². The lowest BCUT2D eigenvalue weighted by Gasteiger charge is -2.26. The molecule has 0 spiro atoms. The minimum atomic E-state index is -0.372. The van der Waals surface area contributed by atoms with Crippen molar-refractivity contribution in [1.82, 2.24) is 0 Å². The first-order chi connectivity index (χ1) is 18.0. The molecular weight excluding hydrogens is 524 g/mol. The van der Waals surface area contributed by atoms with Crippen LogP contribution in [0.25, 0.3) is 0 Å². The van der Waals surface area contributed by atoms with Crippen molar-refractivity contribution >= 4 is 35.5 Å². The van der Waals surface area contributed by atoms with E-state index < -0.39 is 0 Å². The van der Waals surface area contributed by atoms with Crippen LogP contribution in [0.4, 0.5) is 0 Å². The lowest BCUT2D eigenvalue weighted by molar-refractivity contribution is -0.130. The molecule has 0 saturated carbocycles. The van der Waals surface area contributed by atoms with E-state index in [4.69, 9.17) is 9.47 Å². The molecule has 0 N–H and O–H groups in total. The Balaban J connectivity index is 1.98. The van der Waals surface area contributed by atoms with Crippen molar-refractivity contribution in [2.75, 3.05) is 11.5 Å². The van der Waals surface area contributed by atoms with Crippen molar-refractivity contribution in [3.05, 3.63) is 82.3 Å². The van der Waals surface area contributed by atoms with Crippen molar-refractivity contribution < 1.29 is 19.1 Å². The van der Waals surface area contributed by atoms with Gasteiger partial charge in [-0.15, -0.1) is 11.8 Å². The molecular formula is C33H44O4S2. The maximum absolute atomic E-state index is 12.4. The summed E-state index contributed by atoms with van der Waals surface area (Å²) in [6, 6.07) is 15.2. The zero-order valence-electron chi connectivity index (χ0n) is 25.1. The van der Waals surface area contributed by atoms with Crippen molar-refractivity contribution in [2.24, 2.45) is 5.41 Å². The highest BCUT2D eigenvalue weighted by Gasteiger charge is 2.23. The highest BCUT2D eigenvalue weighted by atomic mass is 32.2. The highest BCUT2D eigenvalue weighted by molar-refractivity contribution is 8.05. The number of esters is 2. The topological polar surface area (TPSA) is 52.6 Å². The maximum atomic E-state index is 12.4. The van der Waals surface area contributed by atoms with Crippen LogP contribution in [0.2, 0.25) is 0 Å². The standard InChI is InChI=1S/C33H44O4S2/c1-23(31(3,4)5)21-29(34)36-27-15-11-25(12-16-27)33(9,10)26-13-17-28(18-14-26)37-30(35)22-24(2)38-19-20-39-32(6,7)8/h11-18,21-22H,19-20H2,1-10H3/b23-21+,24-22+. The minimum Gasteiger partial charge on any atom is -0.423 e. The zero-order chi connectivity index (χ0) is 29.4. The molecule has 0 heterocycles. The number of allylic oxidation sites excluding steroid dienone is 2. The molecule has 0 amide bonds. The average Bonchev–Trinajstić information content (AvgIpc) is 2.81. The third-order valence-electron chi connectivity index (χ3n) is 6.38. The SMILES string of the molecule is C/C(=C\C(=O)Oc1ccc(C(C)(C)c2ccc(OC(=O)/C=C(\C)C(C)(C)C)cc2)cc1)SCCSC(C)(C)C. The summed E-state index contributed by atoms with van der Waals surface area (Å²) >= 11 is 3.59. The number of hydrogen-bond acceptors (Lipinski definition) is 6. The molecule has 0 aliphatic rings. The predicted octanol–water partition coefficient (Wildman–Crippen LogP) is 8.98. The molecule has 0 saturated heterocycles. The van der Waals surface area contributed by atoms with E-state index in [1.54, 1.807) is 23.9 Å². The number of hydrogen-bond donors (Lipinski definition) is 0. The normalized spacial score (nSPS) is 13.3. The summed E-state index contributed by atoms with van der Waals surface area (Å²) in [6.45, 7) is 20.9. The molecule has 6 heteroatoms. The van der Waals surface area contributed by atoms with Gasteiger partial charge in [0.1, 0.15) is 11.5 Å². The van der Waals surface area contributed by atoms with Crippen molar-refractivity contribution in [3.63, 3.8) is 0 Å². The quantitative estimate of drug-likeness (QED) is 0.123. The average molecular weight is 569 g/mol. The van der Waals surface area contributed by atoms with Gasteiger partial charge in [-0.1, -0.05) is 85.2 Å². The molecule has 0 aliphatic carbocycles. The number of ether oxygens (including phenoxy) is 2. The van der Waals surface area contributed by atoms with E-state index in [0.717, 1.165) is 33.1 Å². The fraction of sp³-hybridized carbons (Fsp3) is 0.455. The molecule has 212 valence electrons. The van der Waals surface area contributed by atoms with Gasteiger partial charge in [0.05, 0.1) is 0 Å². The molecule has 2 rings (SSSR count). The number of benzene rings is 2. The first-order valence-corrected chi connectivity index (χ1v) is 15.2. The van der Waals surface area contributed by atoms with E-state index in [9.17, 15) is 9.59 Å². The molecule has 2 aromatic carbocycles. The number of thioether (sulfide) groups is 2. The first kappa shape index (κ1) is 32.8. The van der Waals surface area contributed by atoms with E-state index in [-0.39, 0.29) is 27.5 Å². The van der Waals surface area contributed by atoms with Crippen LogP contribution in [-0.2, 0) is 15.0 Å². The molecule has 0 bridgehead atoms. The van der Waals surface area contributed by atoms with Crippen LogP contribution >= 0.6 is 23.5 Å². The van der Waals surface area contributed by atoms with Gasteiger partial charge in [0.15, 0.2) is 0 Å². The van der Waals surface area contributed by atoms with Crippen LogP contribution in [-0.4, -0.2) is 28.2 Å². The third-order valence-corrected chi connectivity index (χ3v) is 8.89. The van der Waals surface area contributed by atoms with Gasteiger partial charge < -0.3 is 9.47 Å². The van der Waals surface area contributed by atoms with Gasteiger partial charge in [-0.3, -0.25) is 0 Å². The summed E-state index contributed by atoms with van der Waals surface area (Å²) in [5.74, 6) is 2.27. The van der Waals surface area contributed by atoms with Crippen LogP contribution in [0.3, 0.4) is 0 Å². The van der Waals surface area contributed by atoms with Gasteiger partial charge in [-0.05, 0) is 59.6 Å². The van der Waals surface area contributed by atoms with Crippen molar-refractivity contribution in [1.29, 1.82) is 0 Å². The molecule has 0 radical (unpaired) electrons. The van der Waals surface area contributed by atoms with E-state index >= 15 is 0 Å². The summed E-state index contributed by atoms with van der Waals surface area (Å²) in [5, 5.41) is 0. The van der Waals surface area contributed by atoms with Crippen LogP contribution in [0, 0.1) is 5.41 Å². The van der Waals surface area contributed by atoms with Gasteiger partial charge in [0, 0.05) is 33.8 Å². The van der Waals surface area contributed by atoms with Crippen LogP contribution in [0.5, 0.6) is 11.5 Å². The monoisotopic (exact) mass is 568 g/mol. The Morgan fingerprint density at radius 1 is 0.692 bits per heavy atom. The number of rotatable bonds is 10. The Morgan fingerprint density at radius 3 is 1.54 bits per heavy atom. The largest absolute Gasteiger partial charge is 0.423 e. The highest BCUT2D eigenvalue weighted by Crippen LogP contribution is 2.34.